The summed E-state index contributed by atoms with van der Waals surface area (Å²) in [4.78, 5) is 8.86. The van der Waals surface area contributed by atoms with Crippen molar-refractivity contribution in [2.45, 2.75) is 25.1 Å². The number of hydrogen-bond acceptors (Lipinski definition) is 5. The fourth-order valence-electron chi connectivity index (χ4n) is 2.66. The highest BCUT2D eigenvalue weighted by Crippen LogP contribution is 2.21. The van der Waals surface area contributed by atoms with Gasteiger partial charge in [-0.25, -0.2) is 4.98 Å². The summed E-state index contributed by atoms with van der Waals surface area (Å²) < 4.78 is 0. The van der Waals surface area contributed by atoms with Gasteiger partial charge in [0, 0.05) is 38.9 Å². The summed E-state index contributed by atoms with van der Waals surface area (Å²) in [5.74, 6) is 0.884. The molecule has 2 N–H and O–H groups in total. The summed E-state index contributed by atoms with van der Waals surface area (Å²) in [7, 11) is 6.02. The molecule has 2 unspecified atom stereocenters. The van der Waals surface area contributed by atoms with Crippen LogP contribution < -0.4 is 5.32 Å². The van der Waals surface area contributed by atoms with E-state index in [-0.39, 0.29) is 6.10 Å². The summed E-state index contributed by atoms with van der Waals surface area (Å²) in [5.41, 5.74) is 1.19. The third-order valence-electron chi connectivity index (χ3n) is 3.55. The first-order valence-corrected chi connectivity index (χ1v) is 6.78. The topological polar surface area (TPSA) is 51.6 Å². The molecule has 0 aliphatic carbocycles. The van der Waals surface area contributed by atoms with Crippen LogP contribution in [-0.2, 0) is 6.54 Å². The fourth-order valence-corrected chi connectivity index (χ4v) is 2.66. The number of hydrogen-bond donors (Lipinski definition) is 2. The van der Waals surface area contributed by atoms with Gasteiger partial charge in [0.1, 0.15) is 5.82 Å². The molecule has 0 bridgehead atoms. The number of pyridine rings is 1. The zero-order valence-electron chi connectivity index (χ0n) is 12.0. The Labute approximate surface area is 115 Å². The molecule has 0 amide bonds. The van der Waals surface area contributed by atoms with Gasteiger partial charge in [-0.15, -0.1) is 0 Å². The Morgan fingerprint density at radius 3 is 2.84 bits per heavy atom. The largest absolute Gasteiger partial charge is 0.392 e. The van der Waals surface area contributed by atoms with Gasteiger partial charge in [-0.3, -0.25) is 4.90 Å². The average Bonchev–Trinajstić information content (AvgIpc) is 2.69. The van der Waals surface area contributed by atoms with Crippen LogP contribution in [0.1, 0.15) is 12.0 Å². The van der Waals surface area contributed by atoms with Crippen molar-refractivity contribution in [2.75, 3.05) is 39.5 Å². The summed E-state index contributed by atoms with van der Waals surface area (Å²) >= 11 is 0. The zero-order valence-corrected chi connectivity index (χ0v) is 12.0. The minimum Gasteiger partial charge on any atom is -0.392 e. The molecular formula is C14H24N4O. The van der Waals surface area contributed by atoms with Gasteiger partial charge in [-0.2, -0.15) is 0 Å². The number of nitrogens with zero attached hydrogens (tertiary/aromatic N) is 3. The first kappa shape index (κ1) is 14.2. The number of rotatable bonds is 5. The van der Waals surface area contributed by atoms with E-state index in [0.29, 0.717) is 6.04 Å². The second-order valence-electron chi connectivity index (χ2n) is 5.54. The highest BCUT2D eigenvalue weighted by Gasteiger charge is 2.30. The molecule has 5 heteroatoms. The fraction of sp³-hybridized carbons (Fsp3) is 0.643. The van der Waals surface area contributed by atoms with Crippen molar-refractivity contribution >= 4 is 5.82 Å². The maximum Gasteiger partial charge on any atom is 0.125 e. The molecule has 1 aromatic rings. The summed E-state index contributed by atoms with van der Waals surface area (Å²) in [5, 5.41) is 12.9. The van der Waals surface area contributed by atoms with Crippen molar-refractivity contribution in [1.82, 2.24) is 14.8 Å². The number of likely N-dealkylation sites (tertiary alicyclic amines) is 1. The number of aliphatic hydroxyl groups excluding tert-OH is 1. The Balaban J connectivity index is 1.99. The Kier molecular flexibility index (Phi) is 4.74. The molecule has 0 aromatic carbocycles. The van der Waals surface area contributed by atoms with Gasteiger partial charge < -0.3 is 15.3 Å². The van der Waals surface area contributed by atoms with E-state index in [0.717, 1.165) is 31.9 Å². The average molecular weight is 264 g/mol. The lowest BCUT2D eigenvalue weighted by Crippen LogP contribution is -2.37. The lowest BCUT2D eigenvalue weighted by molar-refractivity contribution is 0.169. The maximum absolute atomic E-state index is 9.86. The summed E-state index contributed by atoms with van der Waals surface area (Å²) in [6.45, 7) is 2.60. The van der Waals surface area contributed by atoms with Gasteiger partial charge >= 0.3 is 0 Å². The van der Waals surface area contributed by atoms with E-state index in [4.69, 9.17) is 0 Å². The highest BCUT2D eigenvalue weighted by molar-refractivity contribution is 5.34. The number of aliphatic hydroxyl groups is 1. The highest BCUT2D eigenvalue weighted by atomic mass is 16.3. The summed E-state index contributed by atoms with van der Waals surface area (Å²) in [6, 6.07) is 4.51. The van der Waals surface area contributed by atoms with Crippen LogP contribution >= 0.6 is 0 Å². The van der Waals surface area contributed by atoms with Crippen LogP contribution in [0, 0.1) is 0 Å². The third kappa shape index (κ3) is 3.89. The van der Waals surface area contributed by atoms with E-state index in [1.807, 2.05) is 19.3 Å². The first-order valence-electron chi connectivity index (χ1n) is 6.78. The lowest BCUT2D eigenvalue weighted by atomic mass is 10.2. The van der Waals surface area contributed by atoms with E-state index in [2.05, 4.69) is 40.3 Å². The zero-order chi connectivity index (χ0) is 13.8. The molecule has 1 saturated heterocycles. The van der Waals surface area contributed by atoms with Gasteiger partial charge in [0.2, 0.25) is 0 Å². The van der Waals surface area contributed by atoms with E-state index in [1.54, 1.807) is 0 Å². The Bertz CT molecular complexity index is 393. The van der Waals surface area contributed by atoms with Gasteiger partial charge in [0.05, 0.1) is 6.10 Å². The van der Waals surface area contributed by atoms with Crippen LogP contribution in [0.15, 0.2) is 18.3 Å². The number of aromatic nitrogens is 1. The van der Waals surface area contributed by atoms with Crippen LogP contribution in [0.4, 0.5) is 5.82 Å². The van der Waals surface area contributed by atoms with Crippen LogP contribution in [-0.4, -0.2) is 66.3 Å². The van der Waals surface area contributed by atoms with Gasteiger partial charge in [-0.1, -0.05) is 6.07 Å². The monoisotopic (exact) mass is 264 g/mol. The van der Waals surface area contributed by atoms with E-state index in [1.165, 1.54) is 5.56 Å². The van der Waals surface area contributed by atoms with Crippen molar-refractivity contribution in [3.8, 4) is 0 Å². The van der Waals surface area contributed by atoms with Gasteiger partial charge in [-0.05, 0) is 32.1 Å². The predicted octanol–water partition coefficient (Wildman–Crippen LogP) is 0.620. The Hall–Kier alpha value is -1.17. The molecule has 1 aromatic heterocycles. The van der Waals surface area contributed by atoms with E-state index < -0.39 is 0 Å². The van der Waals surface area contributed by atoms with E-state index in [9.17, 15) is 5.11 Å². The quantitative estimate of drug-likeness (QED) is 0.816. The van der Waals surface area contributed by atoms with Crippen LogP contribution in [0.25, 0.3) is 0 Å². The molecule has 1 fully saturated rings. The number of β-amino-alcohol motifs (C(OH)–C–C–N with tert-alkyl or cyclic N) is 1. The molecule has 2 atom stereocenters. The molecule has 0 radical (unpaired) electrons. The number of likely N-dealkylation sites (N-methyl/N-ethyl adjacent to an activating group) is 1. The Morgan fingerprint density at radius 2 is 2.26 bits per heavy atom. The first-order chi connectivity index (χ1) is 9.08. The standard InChI is InChI=1S/C14H24N4O/c1-15-14-5-4-11(7-16-14)8-18-10-13(19)6-12(18)9-17(2)3/h4-5,7,12-13,19H,6,8-10H2,1-3H3,(H,15,16). The van der Waals surface area contributed by atoms with Crippen LogP contribution in [0.2, 0.25) is 0 Å². The molecule has 0 saturated carbocycles. The minimum absolute atomic E-state index is 0.200. The normalized spacial score (nSPS) is 24.1. The predicted molar refractivity (Wildman–Crippen MR) is 77.2 cm³/mol. The van der Waals surface area contributed by atoms with Crippen molar-refractivity contribution in [3.05, 3.63) is 23.9 Å². The van der Waals surface area contributed by atoms with Crippen LogP contribution in [0.5, 0.6) is 0 Å². The van der Waals surface area contributed by atoms with Crippen molar-refractivity contribution in [3.63, 3.8) is 0 Å². The van der Waals surface area contributed by atoms with Crippen LogP contribution in [0.3, 0.4) is 0 Å². The SMILES string of the molecule is CNc1ccc(CN2CC(O)CC2CN(C)C)cn1. The van der Waals surface area contributed by atoms with Gasteiger partial charge in [0.15, 0.2) is 0 Å². The molecule has 0 spiro atoms. The molecule has 5 nitrogen and oxygen atoms in total. The molecule has 106 valence electrons. The number of nitrogens with one attached hydrogen (secondary N) is 1. The molecule has 1 aliphatic heterocycles. The molecule has 19 heavy (non-hydrogen) atoms. The maximum atomic E-state index is 9.86. The Morgan fingerprint density at radius 1 is 1.47 bits per heavy atom. The molecule has 2 rings (SSSR count). The molecule has 1 aliphatic rings. The lowest BCUT2D eigenvalue weighted by Gasteiger charge is -2.26. The van der Waals surface area contributed by atoms with Crippen molar-refractivity contribution in [2.24, 2.45) is 0 Å². The van der Waals surface area contributed by atoms with Crippen molar-refractivity contribution < 1.29 is 5.11 Å². The third-order valence-corrected chi connectivity index (χ3v) is 3.55. The molecular weight excluding hydrogens is 240 g/mol. The number of anilines is 1. The second-order valence-corrected chi connectivity index (χ2v) is 5.54. The minimum atomic E-state index is -0.200. The van der Waals surface area contributed by atoms with E-state index >= 15 is 0 Å². The second kappa shape index (κ2) is 6.32. The smallest absolute Gasteiger partial charge is 0.125 e. The van der Waals surface area contributed by atoms with Crippen molar-refractivity contribution in [1.29, 1.82) is 0 Å². The molecule has 2 heterocycles. The van der Waals surface area contributed by atoms with Gasteiger partial charge in [0.25, 0.3) is 0 Å². The summed E-state index contributed by atoms with van der Waals surface area (Å²) in [6.07, 6.45) is 2.57.